The van der Waals surface area contributed by atoms with Gasteiger partial charge >= 0.3 is 0 Å². The van der Waals surface area contributed by atoms with Crippen LogP contribution in [0.15, 0.2) is 58.3 Å². The molecule has 0 spiro atoms. The molecule has 5 nitrogen and oxygen atoms in total. The normalized spacial score (nSPS) is 16.2. The molecule has 2 aromatic carbocycles. The molecule has 144 valence electrons. The van der Waals surface area contributed by atoms with E-state index in [1.165, 1.54) is 16.1 Å². The van der Waals surface area contributed by atoms with Crippen molar-refractivity contribution in [2.24, 2.45) is 5.92 Å². The summed E-state index contributed by atoms with van der Waals surface area (Å²) >= 11 is 7.49. The van der Waals surface area contributed by atoms with Gasteiger partial charge in [0.25, 0.3) is 0 Å². The van der Waals surface area contributed by atoms with Crippen molar-refractivity contribution in [3.8, 4) is 0 Å². The number of sulfonamides is 1. The summed E-state index contributed by atoms with van der Waals surface area (Å²) in [4.78, 5) is 13.6. The number of benzene rings is 2. The van der Waals surface area contributed by atoms with Crippen LogP contribution >= 0.6 is 23.4 Å². The first-order valence-electron chi connectivity index (χ1n) is 8.62. The molecule has 1 aliphatic heterocycles. The maximum atomic E-state index is 13.0. The monoisotopic (exact) mass is 424 g/mol. The Labute approximate surface area is 169 Å². The summed E-state index contributed by atoms with van der Waals surface area (Å²) in [5.41, 5.74) is 0.577. The SMILES string of the molecule is CSc1ccccc1S(=O)(=O)N1CCC(C(=O)Nc2ccccc2Cl)CC1. The number of carbonyl (C=O) groups excluding carboxylic acids is 1. The van der Waals surface area contributed by atoms with Crippen LogP contribution in [0, 0.1) is 5.92 Å². The lowest BCUT2D eigenvalue weighted by atomic mass is 9.97. The summed E-state index contributed by atoms with van der Waals surface area (Å²) in [6.45, 7) is 0.650. The second-order valence-corrected chi connectivity index (χ2v) is 9.46. The number of hydrogen-bond donors (Lipinski definition) is 1. The third kappa shape index (κ3) is 4.48. The fourth-order valence-corrected chi connectivity index (χ4v) is 5.90. The number of anilines is 1. The first-order chi connectivity index (χ1) is 12.9. The predicted octanol–water partition coefficient (Wildman–Crippen LogP) is 4.10. The van der Waals surface area contributed by atoms with Gasteiger partial charge in [0.1, 0.15) is 0 Å². The molecule has 0 atom stereocenters. The van der Waals surface area contributed by atoms with Crippen molar-refractivity contribution in [3.63, 3.8) is 0 Å². The van der Waals surface area contributed by atoms with Crippen LogP contribution < -0.4 is 5.32 Å². The molecule has 1 aliphatic rings. The smallest absolute Gasteiger partial charge is 0.244 e. The average Bonchev–Trinajstić information content (AvgIpc) is 2.69. The molecule has 2 aromatic rings. The second kappa shape index (κ2) is 8.65. The van der Waals surface area contributed by atoms with Gasteiger partial charge < -0.3 is 5.32 Å². The number of nitrogens with zero attached hydrogens (tertiary/aromatic N) is 1. The van der Waals surface area contributed by atoms with Gasteiger partial charge in [-0.25, -0.2) is 8.42 Å². The molecule has 1 heterocycles. The Kier molecular flexibility index (Phi) is 6.47. The summed E-state index contributed by atoms with van der Waals surface area (Å²) in [6.07, 6.45) is 2.83. The zero-order valence-corrected chi connectivity index (χ0v) is 17.3. The number of nitrogens with one attached hydrogen (secondary N) is 1. The van der Waals surface area contributed by atoms with Crippen molar-refractivity contribution in [1.82, 2.24) is 4.31 Å². The Hall–Kier alpha value is -1.54. The number of carbonyl (C=O) groups is 1. The van der Waals surface area contributed by atoms with Gasteiger partial charge in [-0.15, -0.1) is 11.8 Å². The summed E-state index contributed by atoms with van der Waals surface area (Å²) < 4.78 is 27.4. The molecule has 0 bridgehead atoms. The number of halogens is 1. The Balaban J connectivity index is 1.66. The zero-order chi connectivity index (χ0) is 19.4. The van der Waals surface area contributed by atoms with Gasteiger partial charge in [-0.05, 0) is 43.4 Å². The number of amides is 1. The first-order valence-corrected chi connectivity index (χ1v) is 11.7. The van der Waals surface area contributed by atoms with Gasteiger partial charge in [-0.1, -0.05) is 35.9 Å². The van der Waals surface area contributed by atoms with Crippen LogP contribution in [0.2, 0.25) is 5.02 Å². The summed E-state index contributed by atoms with van der Waals surface area (Å²) in [6, 6.07) is 14.1. The van der Waals surface area contributed by atoms with Crippen LogP contribution in [0.25, 0.3) is 0 Å². The van der Waals surface area contributed by atoms with Gasteiger partial charge in [0.15, 0.2) is 0 Å². The van der Waals surface area contributed by atoms with E-state index in [9.17, 15) is 13.2 Å². The van der Waals surface area contributed by atoms with Crippen LogP contribution in [-0.4, -0.2) is 38.0 Å². The van der Waals surface area contributed by atoms with E-state index in [4.69, 9.17) is 11.6 Å². The summed E-state index contributed by atoms with van der Waals surface area (Å²) in [7, 11) is -3.56. The van der Waals surface area contributed by atoms with Crippen LogP contribution in [0.3, 0.4) is 0 Å². The van der Waals surface area contributed by atoms with E-state index in [2.05, 4.69) is 5.32 Å². The van der Waals surface area contributed by atoms with Gasteiger partial charge in [-0.3, -0.25) is 4.79 Å². The van der Waals surface area contributed by atoms with Crippen molar-refractivity contribution in [3.05, 3.63) is 53.6 Å². The molecule has 1 saturated heterocycles. The van der Waals surface area contributed by atoms with E-state index in [0.717, 1.165) is 4.90 Å². The molecule has 8 heteroatoms. The van der Waals surface area contributed by atoms with Crippen LogP contribution in [0.4, 0.5) is 5.69 Å². The Morgan fingerprint density at radius 3 is 2.41 bits per heavy atom. The van der Waals surface area contributed by atoms with E-state index in [1.54, 1.807) is 42.5 Å². The molecule has 0 saturated carbocycles. The Morgan fingerprint density at radius 2 is 1.74 bits per heavy atom. The predicted molar refractivity (Wildman–Crippen MR) is 110 cm³/mol. The maximum absolute atomic E-state index is 13.0. The zero-order valence-electron chi connectivity index (χ0n) is 14.9. The molecular weight excluding hydrogens is 404 g/mol. The Morgan fingerprint density at radius 1 is 1.11 bits per heavy atom. The molecule has 0 aliphatic carbocycles. The summed E-state index contributed by atoms with van der Waals surface area (Å²) in [5.74, 6) is -0.354. The van der Waals surface area contributed by atoms with Crippen molar-refractivity contribution in [2.75, 3.05) is 24.7 Å². The Bertz CT molecular complexity index is 926. The third-order valence-corrected chi connectivity index (χ3v) is 7.85. The molecule has 0 unspecified atom stereocenters. The van der Waals surface area contributed by atoms with Crippen molar-refractivity contribution >= 4 is 45.0 Å². The van der Waals surface area contributed by atoms with Crippen molar-refractivity contribution in [2.45, 2.75) is 22.6 Å². The van der Waals surface area contributed by atoms with Crippen LogP contribution in [0.1, 0.15) is 12.8 Å². The maximum Gasteiger partial charge on any atom is 0.244 e. The van der Waals surface area contributed by atoms with Gasteiger partial charge in [-0.2, -0.15) is 4.31 Å². The van der Waals surface area contributed by atoms with Crippen LogP contribution in [-0.2, 0) is 14.8 Å². The molecule has 0 radical (unpaired) electrons. The molecule has 27 heavy (non-hydrogen) atoms. The molecule has 0 aromatic heterocycles. The highest BCUT2D eigenvalue weighted by Crippen LogP contribution is 2.30. The lowest BCUT2D eigenvalue weighted by Crippen LogP contribution is -2.41. The molecule has 3 rings (SSSR count). The quantitative estimate of drug-likeness (QED) is 0.734. The first kappa shape index (κ1) is 20.2. The highest BCUT2D eigenvalue weighted by molar-refractivity contribution is 7.99. The molecule has 1 fully saturated rings. The number of thioether (sulfide) groups is 1. The molecule has 1 N–H and O–H groups in total. The average molecular weight is 425 g/mol. The van der Waals surface area contributed by atoms with E-state index in [1.807, 2.05) is 12.3 Å². The van der Waals surface area contributed by atoms with Crippen molar-refractivity contribution in [1.29, 1.82) is 0 Å². The molecular formula is C19H21ClN2O3S2. The van der Waals surface area contributed by atoms with Gasteiger partial charge in [0.05, 0.1) is 15.6 Å². The highest BCUT2D eigenvalue weighted by atomic mass is 35.5. The standard InChI is InChI=1S/C19H21ClN2O3S2/c1-26-17-8-4-5-9-18(17)27(24,25)22-12-10-14(11-13-22)19(23)21-16-7-3-2-6-15(16)20/h2-9,14H,10-13H2,1H3,(H,21,23). The van der Waals surface area contributed by atoms with Crippen LogP contribution in [0.5, 0.6) is 0 Å². The lowest BCUT2D eigenvalue weighted by molar-refractivity contribution is -0.120. The third-order valence-electron chi connectivity index (χ3n) is 4.64. The number of piperidine rings is 1. The fourth-order valence-electron chi connectivity index (χ4n) is 3.13. The number of hydrogen-bond acceptors (Lipinski definition) is 4. The van der Waals surface area contributed by atoms with E-state index >= 15 is 0 Å². The minimum atomic E-state index is -3.56. The van der Waals surface area contributed by atoms with Gasteiger partial charge in [0.2, 0.25) is 15.9 Å². The van der Waals surface area contributed by atoms with E-state index in [0.29, 0.717) is 41.5 Å². The highest BCUT2D eigenvalue weighted by Gasteiger charge is 2.33. The minimum absolute atomic E-state index is 0.121. The van der Waals surface area contributed by atoms with E-state index < -0.39 is 10.0 Å². The number of rotatable bonds is 5. The van der Waals surface area contributed by atoms with E-state index in [-0.39, 0.29) is 11.8 Å². The fraction of sp³-hybridized carbons (Fsp3) is 0.316. The van der Waals surface area contributed by atoms with Crippen molar-refractivity contribution < 1.29 is 13.2 Å². The second-order valence-electron chi connectivity index (χ2n) is 6.30. The van der Waals surface area contributed by atoms with Gasteiger partial charge in [0, 0.05) is 23.9 Å². The number of para-hydroxylation sites is 1. The lowest BCUT2D eigenvalue weighted by Gasteiger charge is -2.31. The largest absolute Gasteiger partial charge is 0.325 e. The topological polar surface area (TPSA) is 66.5 Å². The minimum Gasteiger partial charge on any atom is -0.325 e. The molecule has 1 amide bonds. The summed E-state index contributed by atoms with van der Waals surface area (Å²) in [5, 5.41) is 3.33.